The predicted octanol–water partition coefficient (Wildman–Crippen LogP) is -0.0699. The van der Waals surface area contributed by atoms with Gasteiger partial charge in [0.05, 0.1) is 13.3 Å². The van der Waals surface area contributed by atoms with Crippen molar-refractivity contribution in [3.05, 3.63) is 18.5 Å². The van der Waals surface area contributed by atoms with Crippen molar-refractivity contribution >= 4 is 10.0 Å². The van der Waals surface area contributed by atoms with Gasteiger partial charge < -0.3 is 9.64 Å². The molecule has 0 atom stereocenters. The van der Waals surface area contributed by atoms with Crippen LogP contribution in [-0.2, 0) is 10.0 Å². The minimum Gasteiger partial charge on any atom is -0.495 e. The first kappa shape index (κ1) is 13.9. The van der Waals surface area contributed by atoms with Gasteiger partial charge in [-0.3, -0.25) is 4.98 Å². The summed E-state index contributed by atoms with van der Waals surface area (Å²) < 4.78 is 31.4. The molecule has 0 unspecified atom stereocenters. The summed E-state index contributed by atoms with van der Waals surface area (Å²) in [6, 6.07) is 1.51. The number of pyridine rings is 1. The van der Waals surface area contributed by atoms with Crippen LogP contribution in [0.2, 0.25) is 0 Å². The minimum atomic E-state index is -3.56. The van der Waals surface area contributed by atoms with Crippen LogP contribution in [0, 0.1) is 0 Å². The van der Waals surface area contributed by atoms with Crippen molar-refractivity contribution in [2.24, 2.45) is 0 Å². The van der Waals surface area contributed by atoms with Crippen LogP contribution in [-0.4, -0.2) is 52.6 Å². The molecular formula is C10H17N3O3S. The molecule has 0 aliphatic carbocycles. The smallest absolute Gasteiger partial charge is 0.245 e. The molecular weight excluding hydrogens is 242 g/mol. The topological polar surface area (TPSA) is 71.5 Å². The summed E-state index contributed by atoms with van der Waals surface area (Å²) in [4.78, 5) is 5.74. The Balaban J connectivity index is 2.82. The molecule has 0 aliphatic heterocycles. The summed E-state index contributed by atoms with van der Waals surface area (Å²) in [5.74, 6) is 0.289. The molecule has 0 saturated heterocycles. The lowest BCUT2D eigenvalue weighted by atomic mass is 10.4. The van der Waals surface area contributed by atoms with Crippen LogP contribution in [0.3, 0.4) is 0 Å². The van der Waals surface area contributed by atoms with Crippen molar-refractivity contribution in [1.29, 1.82) is 0 Å². The summed E-state index contributed by atoms with van der Waals surface area (Å²) in [7, 11) is 1.61. The maximum Gasteiger partial charge on any atom is 0.245 e. The molecule has 96 valence electrons. The molecule has 1 aromatic rings. The van der Waals surface area contributed by atoms with E-state index in [-0.39, 0.29) is 10.6 Å². The number of likely N-dealkylation sites (N-methyl/N-ethyl adjacent to an activating group) is 1. The van der Waals surface area contributed by atoms with E-state index in [0.717, 1.165) is 0 Å². The van der Waals surface area contributed by atoms with E-state index >= 15 is 0 Å². The van der Waals surface area contributed by atoms with Crippen LogP contribution >= 0.6 is 0 Å². The number of sulfonamides is 1. The van der Waals surface area contributed by atoms with E-state index in [1.165, 1.54) is 25.6 Å². The van der Waals surface area contributed by atoms with Crippen molar-refractivity contribution in [1.82, 2.24) is 14.6 Å². The normalized spacial score (nSPS) is 11.8. The van der Waals surface area contributed by atoms with Gasteiger partial charge in [-0.2, -0.15) is 0 Å². The quantitative estimate of drug-likeness (QED) is 0.774. The Hall–Kier alpha value is -1.18. The average Bonchev–Trinajstić information content (AvgIpc) is 2.28. The van der Waals surface area contributed by atoms with Crippen LogP contribution in [0.1, 0.15) is 0 Å². The van der Waals surface area contributed by atoms with Gasteiger partial charge in [-0.15, -0.1) is 0 Å². The van der Waals surface area contributed by atoms with E-state index in [4.69, 9.17) is 4.74 Å². The van der Waals surface area contributed by atoms with Gasteiger partial charge in [-0.05, 0) is 20.2 Å². The summed E-state index contributed by atoms with van der Waals surface area (Å²) in [6.07, 6.45) is 2.76. The Bertz CT molecular complexity index is 460. The first-order chi connectivity index (χ1) is 7.97. The van der Waals surface area contributed by atoms with Gasteiger partial charge in [-0.25, -0.2) is 13.1 Å². The van der Waals surface area contributed by atoms with Gasteiger partial charge in [-0.1, -0.05) is 0 Å². The molecule has 1 heterocycles. The van der Waals surface area contributed by atoms with Gasteiger partial charge in [0, 0.05) is 19.3 Å². The van der Waals surface area contributed by atoms with Gasteiger partial charge in [0.1, 0.15) is 10.6 Å². The summed E-state index contributed by atoms with van der Waals surface area (Å²) in [5.41, 5.74) is 0. The summed E-state index contributed by atoms with van der Waals surface area (Å²) in [5, 5.41) is 0. The fourth-order valence-electron chi connectivity index (χ4n) is 1.22. The van der Waals surface area contributed by atoms with Crippen LogP contribution in [0.15, 0.2) is 23.4 Å². The molecule has 6 nitrogen and oxygen atoms in total. The van der Waals surface area contributed by atoms with Gasteiger partial charge in [0.15, 0.2) is 0 Å². The van der Waals surface area contributed by atoms with Crippen molar-refractivity contribution in [2.45, 2.75) is 4.90 Å². The van der Waals surface area contributed by atoms with E-state index in [1.54, 1.807) is 0 Å². The molecule has 1 aromatic heterocycles. The zero-order valence-electron chi connectivity index (χ0n) is 10.2. The summed E-state index contributed by atoms with van der Waals surface area (Å²) in [6.45, 7) is 0.967. The molecule has 0 bridgehead atoms. The van der Waals surface area contributed by atoms with Gasteiger partial charge in [0.25, 0.3) is 0 Å². The van der Waals surface area contributed by atoms with E-state index in [9.17, 15) is 8.42 Å². The molecule has 7 heteroatoms. The van der Waals surface area contributed by atoms with Crippen molar-refractivity contribution in [3.63, 3.8) is 0 Å². The highest BCUT2D eigenvalue weighted by Crippen LogP contribution is 2.20. The number of nitrogens with zero attached hydrogens (tertiary/aromatic N) is 2. The maximum atomic E-state index is 11.9. The summed E-state index contributed by atoms with van der Waals surface area (Å²) >= 11 is 0. The third-order valence-corrected chi connectivity index (χ3v) is 3.58. The van der Waals surface area contributed by atoms with Crippen molar-refractivity contribution in [3.8, 4) is 5.75 Å². The Morgan fingerprint density at radius 3 is 2.76 bits per heavy atom. The molecule has 0 saturated carbocycles. The van der Waals surface area contributed by atoms with Crippen molar-refractivity contribution < 1.29 is 13.2 Å². The average molecular weight is 259 g/mol. The molecule has 1 rings (SSSR count). The zero-order chi connectivity index (χ0) is 12.9. The number of methoxy groups -OCH3 is 1. The number of hydrogen-bond donors (Lipinski definition) is 1. The highest BCUT2D eigenvalue weighted by Gasteiger charge is 2.18. The van der Waals surface area contributed by atoms with Gasteiger partial charge >= 0.3 is 0 Å². The number of hydrogen-bond acceptors (Lipinski definition) is 5. The second kappa shape index (κ2) is 5.95. The highest BCUT2D eigenvalue weighted by molar-refractivity contribution is 7.89. The SMILES string of the molecule is COc1ccncc1S(=O)(=O)NCCN(C)C. The van der Waals surface area contributed by atoms with Gasteiger partial charge in [0.2, 0.25) is 10.0 Å². The highest BCUT2D eigenvalue weighted by atomic mass is 32.2. The predicted molar refractivity (Wildman–Crippen MR) is 64.5 cm³/mol. The van der Waals surface area contributed by atoms with E-state index in [2.05, 4.69) is 9.71 Å². The molecule has 0 aromatic carbocycles. The molecule has 1 N–H and O–H groups in total. The Morgan fingerprint density at radius 2 is 2.18 bits per heavy atom. The number of ether oxygens (including phenoxy) is 1. The first-order valence-corrected chi connectivity index (χ1v) is 6.58. The second-order valence-electron chi connectivity index (χ2n) is 3.73. The lowest BCUT2D eigenvalue weighted by Gasteiger charge is -2.12. The number of rotatable bonds is 6. The molecule has 0 radical (unpaired) electrons. The largest absolute Gasteiger partial charge is 0.495 e. The molecule has 0 fully saturated rings. The van der Waals surface area contributed by atoms with Crippen LogP contribution in [0.25, 0.3) is 0 Å². The first-order valence-electron chi connectivity index (χ1n) is 5.10. The second-order valence-corrected chi connectivity index (χ2v) is 5.46. The Morgan fingerprint density at radius 1 is 1.47 bits per heavy atom. The Kier molecular flexibility index (Phi) is 4.86. The third-order valence-electron chi connectivity index (χ3n) is 2.11. The monoisotopic (exact) mass is 259 g/mol. The van der Waals surface area contributed by atoms with E-state index < -0.39 is 10.0 Å². The van der Waals surface area contributed by atoms with Crippen molar-refractivity contribution in [2.75, 3.05) is 34.3 Å². The van der Waals surface area contributed by atoms with E-state index in [0.29, 0.717) is 13.1 Å². The van der Waals surface area contributed by atoms with Crippen LogP contribution < -0.4 is 9.46 Å². The maximum absolute atomic E-state index is 11.9. The Labute approximate surface area is 102 Å². The molecule has 0 aliphatic rings. The number of aromatic nitrogens is 1. The molecule has 17 heavy (non-hydrogen) atoms. The van der Waals surface area contributed by atoms with E-state index in [1.807, 2.05) is 19.0 Å². The third kappa shape index (κ3) is 3.95. The lowest BCUT2D eigenvalue weighted by molar-refractivity contribution is 0.399. The fourth-order valence-corrected chi connectivity index (χ4v) is 2.35. The standard InChI is InChI=1S/C10H17N3O3S/c1-13(2)7-6-12-17(14,15)10-8-11-5-4-9(10)16-3/h4-5,8,12H,6-7H2,1-3H3. The minimum absolute atomic E-state index is 0.0567. The fraction of sp³-hybridized carbons (Fsp3) is 0.500. The molecule has 0 spiro atoms. The van der Waals surface area contributed by atoms with Crippen LogP contribution in [0.5, 0.6) is 5.75 Å². The lowest BCUT2D eigenvalue weighted by Crippen LogP contribution is -2.31. The zero-order valence-corrected chi connectivity index (χ0v) is 11.0. The van der Waals surface area contributed by atoms with Crippen LogP contribution in [0.4, 0.5) is 0 Å². The molecule has 0 amide bonds. The number of nitrogens with one attached hydrogen (secondary N) is 1.